The van der Waals surface area contributed by atoms with Gasteiger partial charge in [-0.2, -0.15) is 0 Å². The van der Waals surface area contributed by atoms with E-state index in [9.17, 15) is 4.79 Å². The first-order chi connectivity index (χ1) is 11.0. The highest BCUT2D eigenvalue weighted by Crippen LogP contribution is 2.59. The number of carbonyl (C=O) groups excluding carboxylic acids is 1. The van der Waals surface area contributed by atoms with Crippen LogP contribution in [0.2, 0.25) is 0 Å². The summed E-state index contributed by atoms with van der Waals surface area (Å²) in [6.07, 6.45) is 8.27. The van der Waals surface area contributed by atoms with Crippen molar-refractivity contribution in [3.63, 3.8) is 0 Å². The van der Waals surface area contributed by atoms with Crippen molar-refractivity contribution < 1.29 is 9.32 Å². The zero-order valence-electron chi connectivity index (χ0n) is 14.5. The normalized spacial score (nSPS) is 35.0. The van der Waals surface area contributed by atoms with Crippen LogP contribution in [0.25, 0.3) is 0 Å². The Balaban J connectivity index is 1.47. The van der Waals surface area contributed by atoms with Crippen molar-refractivity contribution in [3.8, 4) is 0 Å². The average molecular weight is 316 g/mol. The van der Waals surface area contributed by atoms with Gasteiger partial charge >= 0.3 is 0 Å². The van der Waals surface area contributed by atoms with Crippen LogP contribution < -0.4 is 5.32 Å². The summed E-state index contributed by atoms with van der Waals surface area (Å²) < 4.78 is 5.36. The standard InChI is InChI=1S/C19H28N2O2/c1-11(2)17-16(12(3)21-23-17)18(22)20-10-19-7-13-4-14(8-19)6-15(5-13)9-19/h11,13-15H,4-10H2,1-3H3,(H,20,22). The summed E-state index contributed by atoms with van der Waals surface area (Å²) in [6.45, 7) is 6.76. The number of nitrogens with zero attached hydrogens (tertiary/aromatic N) is 1. The number of rotatable bonds is 4. The van der Waals surface area contributed by atoms with Gasteiger partial charge in [-0.1, -0.05) is 19.0 Å². The molecule has 4 nitrogen and oxygen atoms in total. The van der Waals surface area contributed by atoms with Crippen molar-refractivity contribution in [1.29, 1.82) is 0 Å². The highest BCUT2D eigenvalue weighted by molar-refractivity contribution is 5.96. The molecule has 0 aliphatic heterocycles. The molecule has 4 aliphatic rings. The minimum absolute atomic E-state index is 0.00296. The van der Waals surface area contributed by atoms with E-state index < -0.39 is 0 Å². The topological polar surface area (TPSA) is 55.1 Å². The van der Waals surface area contributed by atoms with Crippen molar-refractivity contribution in [2.45, 2.75) is 65.2 Å². The Kier molecular flexibility index (Phi) is 3.54. The van der Waals surface area contributed by atoms with E-state index in [0.29, 0.717) is 22.4 Å². The third-order valence-electron chi connectivity index (χ3n) is 6.43. The average Bonchev–Trinajstić information content (AvgIpc) is 2.85. The van der Waals surface area contributed by atoms with Crippen LogP contribution in [0.5, 0.6) is 0 Å². The Hall–Kier alpha value is -1.32. The van der Waals surface area contributed by atoms with Crippen LogP contribution in [0.3, 0.4) is 0 Å². The molecule has 5 rings (SSSR count). The van der Waals surface area contributed by atoms with Gasteiger partial charge in [-0.3, -0.25) is 4.79 Å². The first-order valence-electron chi connectivity index (χ1n) is 9.20. The van der Waals surface area contributed by atoms with Crippen molar-refractivity contribution in [1.82, 2.24) is 10.5 Å². The van der Waals surface area contributed by atoms with Crippen LogP contribution in [0.1, 0.15) is 80.1 Å². The molecule has 0 saturated heterocycles. The van der Waals surface area contributed by atoms with Crippen LogP contribution in [0, 0.1) is 30.1 Å². The molecule has 1 aromatic rings. The van der Waals surface area contributed by atoms with Crippen molar-refractivity contribution >= 4 is 5.91 Å². The van der Waals surface area contributed by atoms with Crippen LogP contribution in [-0.4, -0.2) is 17.6 Å². The van der Waals surface area contributed by atoms with Gasteiger partial charge in [0.15, 0.2) is 5.76 Å². The maximum Gasteiger partial charge on any atom is 0.256 e. The summed E-state index contributed by atoms with van der Waals surface area (Å²) in [7, 11) is 0. The molecule has 1 aromatic heterocycles. The van der Waals surface area contributed by atoms with E-state index >= 15 is 0 Å². The molecule has 0 radical (unpaired) electrons. The molecule has 1 N–H and O–H groups in total. The SMILES string of the molecule is Cc1noc(C(C)C)c1C(=O)NCC12CC3CC(CC(C3)C1)C2. The van der Waals surface area contributed by atoms with Gasteiger partial charge in [0.25, 0.3) is 5.91 Å². The third kappa shape index (κ3) is 2.60. The van der Waals surface area contributed by atoms with Gasteiger partial charge in [-0.15, -0.1) is 0 Å². The molecule has 23 heavy (non-hydrogen) atoms. The molecule has 4 saturated carbocycles. The molecule has 4 aliphatic carbocycles. The third-order valence-corrected chi connectivity index (χ3v) is 6.43. The molecule has 1 amide bonds. The molecule has 126 valence electrons. The minimum atomic E-state index is 0.00296. The number of hydrogen-bond donors (Lipinski definition) is 1. The van der Waals surface area contributed by atoms with Crippen LogP contribution in [0.15, 0.2) is 4.52 Å². The van der Waals surface area contributed by atoms with E-state index in [-0.39, 0.29) is 11.8 Å². The Morgan fingerprint density at radius 3 is 2.30 bits per heavy atom. The van der Waals surface area contributed by atoms with Crippen LogP contribution in [-0.2, 0) is 0 Å². The molecule has 0 unspecified atom stereocenters. The van der Waals surface area contributed by atoms with E-state index in [1.54, 1.807) is 0 Å². The summed E-state index contributed by atoms with van der Waals surface area (Å²) in [4.78, 5) is 12.7. The molecule has 4 fully saturated rings. The molecule has 0 spiro atoms. The van der Waals surface area contributed by atoms with E-state index in [0.717, 1.165) is 24.3 Å². The number of nitrogens with one attached hydrogen (secondary N) is 1. The first-order valence-corrected chi connectivity index (χ1v) is 9.20. The van der Waals surface area contributed by atoms with Crippen molar-refractivity contribution in [3.05, 3.63) is 17.0 Å². The molecule has 4 bridgehead atoms. The fraction of sp³-hybridized carbons (Fsp3) is 0.789. The van der Waals surface area contributed by atoms with E-state index in [2.05, 4.69) is 10.5 Å². The molecule has 0 aromatic carbocycles. The molecule has 1 heterocycles. The molecule has 4 heteroatoms. The maximum absolute atomic E-state index is 12.7. The largest absolute Gasteiger partial charge is 0.360 e. The molecular formula is C19H28N2O2. The lowest BCUT2D eigenvalue weighted by Gasteiger charge is -2.56. The van der Waals surface area contributed by atoms with E-state index in [1.807, 2.05) is 20.8 Å². The Morgan fingerprint density at radius 2 is 1.78 bits per heavy atom. The second-order valence-corrected chi connectivity index (χ2v) is 8.76. The van der Waals surface area contributed by atoms with Gasteiger partial charge in [0.2, 0.25) is 0 Å². The smallest absolute Gasteiger partial charge is 0.256 e. The second kappa shape index (κ2) is 5.35. The molecular weight excluding hydrogens is 288 g/mol. The number of carbonyl (C=O) groups is 1. The van der Waals surface area contributed by atoms with E-state index in [4.69, 9.17) is 4.52 Å². The summed E-state index contributed by atoms with van der Waals surface area (Å²) in [6, 6.07) is 0. The Morgan fingerprint density at radius 1 is 1.22 bits per heavy atom. The van der Waals surface area contributed by atoms with Gasteiger partial charge in [-0.25, -0.2) is 0 Å². The van der Waals surface area contributed by atoms with E-state index in [1.165, 1.54) is 38.5 Å². The lowest BCUT2D eigenvalue weighted by atomic mass is 9.49. The quantitative estimate of drug-likeness (QED) is 0.911. The van der Waals surface area contributed by atoms with Gasteiger partial charge in [0.1, 0.15) is 5.56 Å². The van der Waals surface area contributed by atoms with Crippen molar-refractivity contribution in [2.75, 3.05) is 6.54 Å². The number of aryl methyl sites for hydroxylation is 1. The summed E-state index contributed by atoms with van der Waals surface area (Å²) in [5.41, 5.74) is 1.73. The Labute approximate surface area is 138 Å². The zero-order chi connectivity index (χ0) is 16.2. The van der Waals surface area contributed by atoms with Gasteiger partial charge in [0.05, 0.1) is 5.69 Å². The monoisotopic (exact) mass is 316 g/mol. The number of hydrogen-bond acceptors (Lipinski definition) is 3. The van der Waals surface area contributed by atoms with Gasteiger partial charge in [0, 0.05) is 12.5 Å². The lowest BCUT2D eigenvalue weighted by Crippen LogP contribution is -2.51. The fourth-order valence-corrected chi connectivity index (χ4v) is 5.92. The first kappa shape index (κ1) is 15.2. The van der Waals surface area contributed by atoms with Crippen LogP contribution in [0.4, 0.5) is 0 Å². The molecule has 0 atom stereocenters. The fourth-order valence-electron chi connectivity index (χ4n) is 5.92. The summed E-state index contributed by atoms with van der Waals surface area (Å²) in [5, 5.41) is 7.24. The second-order valence-electron chi connectivity index (χ2n) is 8.76. The highest BCUT2D eigenvalue weighted by Gasteiger charge is 2.50. The zero-order valence-corrected chi connectivity index (χ0v) is 14.5. The van der Waals surface area contributed by atoms with Crippen LogP contribution >= 0.6 is 0 Å². The minimum Gasteiger partial charge on any atom is -0.360 e. The number of amides is 1. The van der Waals surface area contributed by atoms with Gasteiger partial charge < -0.3 is 9.84 Å². The van der Waals surface area contributed by atoms with Gasteiger partial charge in [-0.05, 0) is 68.6 Å². The summed E-state index contributed by atoms with van der Waals surface area (Å²) in [5.74, 6) is 3.65. The predicted molar refractivity (Wildman–Crippen MR) is 88.3 cm³/mol. The number of aromatic nitrogens is 1. The predicted octanol–water partition coefficient (Wildman–Crippen LogP) is 4.05. The summed E-state index contributed by atoms with van der Waals surface area (Å²) >= 11 is 0. The highest BCUT2D eigenvalue weighted by atomic mass is 16.5. The maximum atomic E-state index is 12.7. The Bertz CT molecular complexity index is 582. The van der Waals surface area contributed by atoms with Crippen molar-refractivity contribution in [2.24, 2.45) is 23.2 Å². The lowest BCUT2D eigenvalue weighted by molar-refractivity contribution is -0.0503.